The summed E-state index contributed by atoms with van der Waals surface area (Å²) >= 11 is 0. The number of carbonyl (C=O) groups excluding carboxylic acids is 1. The van der Waals surface area contributed by atoms with Crippen LogP contribution in [0.1, 0.15) is 10.4 Å². The molecule has 9 nitrogen and oxygen atoms in total. The monoisotopic (exact) mass is 392 g/mol. The molecule has 0 fully saturated rings. The van der Waals surface area contributed by atoms with Crippen molar-refractivity contribution in [3.05, 3.63) is 54.4 Å². The lowest BCUT2D eigenvalue weighted by molar-refractivity contribution is 0.102. The van der Waals surface area contributed by atoms with E-state index < -0.39 is 0 Å². The van der Waals surface area contributed by atoms with Gasteiger partial charge in [-0.2, -0.15) is 0 Å². The number of benzene rings is 2. The number of ether oxygens (including phenoxy) is 4. The predicted molar refractivity (Wildman–Crippen MR) is 103 cm³/mol. The SMILES string of the molecule is O=C(Nc1ccc2c(c1)OCO2)c1cnc(Nc2ccc3c(c2)OCCO3)nc1. The highest BCUT2D eigenvalue weighted by atomic mass is 16.7. The van der Waals surface area contributed by atoms with Gasteiger partial charge in [0, 0.05) is 35.9 Å². The molecule has 0 aliphatic carbocycles. The summed E-state index contributed by atoms with van der Waals surface area (Å²) in [5.74, 6) is 2.66. The van der Waals surface area contributed by atoms with Crippen molar-refractivity contribution in [3.63, 3.8) is 0 Å². The molecule has 146 valence electrons. The fourth-order valence-electron chi connectivity index (χ4n) is 2.94. The summed E-state index contributed by atoms with van der Waals surface area (Å²) in [6, 6.07) is 10.7. The highest BCUT2D eigenvalue weighted by Crippen LogP contribution is 2.34. The number of hydrogen-bond acceptors (Lipinski definition) is 8. The van der Waals surface area contributed by atoms with Crippen LogP contribution in [-0.4, -0.2) is 35.9 Å². The minimum absolute atomic E-state index is 0.179. The summed E-state index contributed by atoms with van der Waals surface area (Å²) < 4.78 is 21.6. The summed E-state index contributed by atoms with van der Waals surface area (Å²) in [6.07, 6.45) is 2.91. The van der Waals surface area contributed by atoms with Crippen molar-refractivity contribution in [2.45, 2.75) is 0 Å². The van der Waals surface area contributed by atoms with E-state index in [9.17, 15) is 4.79 Å². The van der Waals surface area contributed by atoms with Crippen molar-refractivity contribution in [1.82, 2.24) is 9.97 Å². The Balaban J connectivity index is 1.25. The quantitative estimate of drug-likeness (QED) is 0.698. The number of amides is 1. The highest BCUT2D eigenvalue weighted by Gasteiger charge is 2.15. The summed E-state index contributed by atoms with van der Waals surface area (Å²) in [5.41, 5.74) is 1.68. The second-order valence-corrected chi connectivity index (χ2v) is 6.30. The lowest BCUT2D eigenvalue weighted by atomic mass is 10.2. The Kier molecular flexibility index (Phi) is 4.24. The van der Waals surface area contributed by atoms with Crippen molar-refractivity contribution in [1.29, 1.82) is 0 Å². The van der Waals surface area contributed by atoms with Gasteiger partial charge >= 0.3 is 0 Å². The van der Waals surface area contributed by atoms with E-state index in [1.807, 2.05) is 18.2 Å². The lowest BCUT2D eigenvalue weighted by Crippen LogP contribution is -2.15. The van der Waals surface area contributed by atoms with Crippen molar-refractivity contribution >= 4 is 23.2 Å². The molecule has 2 aliphatic rings. The minimum Gasteiger partial charge on any atom is -0.486 e. The summed E-state index contributed by atoms with van der Waals surface area (Å²) in [4.78, 5) is 20.8. The van der Waals surface area contributed by atoms with Crippen molar-refractivity contribution in [2.75, 3.05) is 30.6 Å². The number of aromatic nitrogens is 2. The number of nitrogens with one attached hydrogen (secondary N) is 2. The third-order valence-corrected chi connectivity index (χ3v) is 4.34. The summed E-state index contributed by atoms with van der Waals surface area (Å²) in [7, 11) is 0. The molecule has 0 bridgehead atoms. The zero-order valence-corrected chi connectivity index (χ0v) is 15.2. The van der Waals surface area contributed by atoms with E-state index in [1.165, 1.54) is 12.4 Å². The maximum Gasteiger partial charge on any atom is 0.258 e. The van der Waals surface area contributed by atoms with Crippen LogP contribution in [0.4, 0.5) is 17.3 Å². The third-order valence-electron chi connectivity index (χ3n) is 4.34. The standard InChI is InChI=1S/C20H16N4O5/c25-19(23-13-1-4-16-18(7-13)29-11-28-16)12-9-21-20(22-10-12)24-14-2-3-15-17(8-14)27-6-5-26-15/h1-4,7-10H,5-6,11H2,(H,23,25)(H,21,22,24). The second kappa shape index (κ2) is 7.19. The summed E-state index contributed by atoms with van der Waals surface area (Å²) in [5, 5.41) is 5.86. The topological polar surface area (TPSA) is 104 Å². The average Bonchev–Trinajstić information content (AvgIpc) is 3.22. The molecule has 9 heteroatoms. The Morgan fingerprint density at radius 1 is 0.793 bits per heavy atom. The Bertz CT molecular complexity index is 1070. The van der Waals surface area contributed by atoms with Gasteiger partial charge in [0.2, 0.25) is 12.7 Å². The van der Waals surface area contributed by atoms with Crippen LogP contribution < -0.4 is 29.6 Å². The van der Waals surface area contributed by atoms with Crippen LogP contribution in [0.2, 0.25) is 0 Å². The smallest absolute Gasteiger partial charge is 0.258 e. The van der Waals surface area contributed by atoms with E-state index in [-0.39, 0.29) is 12.7 Å². The van der Waals surface area contributed by atoms with Crippen LogP contribution >= 0.6 is 0 Å². The molecule has 0 saturated heterocycles. The number of carbonyl (C=O) groups is 1. The first-order chi connectivity index (χ1) is 14.2. The molecule has 1 amide bonds. The number of anilines is 3. The van der Waals surface area contributed by atoms with E-state index in [0.29, 0.717) is 53.4 Å². The van der Waals surface area contributed by atoms with Gasteiger partial charge in [0.25, 0.3) is 5.91 Å². The molecule has 0 radical (unpaired) electrons. The Morgan fingerprint density at radius 3 is 2.24 bits per heavy atom. The molecule has 2 aliphatic heterocycles. The fraction of sp³-hybridized carbons (Fsp3) is 0.150. The molecule has 0 saturated carbocycles. The van der Waals surface area contributed by atoms with Crippen LogP contribution in [-0.2, 0) is 0 Å². The minimum atomic E-state index is -0.324. The second-order valence-electron chi connectivity index (χ2n) is 6.30. The van der Waals surface area contributed by atoms with Crippen molar-refractivity contribution in [3.8, 4) is 23.0 Å². The van der Waals surface area contributed by atoms with Gasteiger partial charge in [0.1, 0.15) is 13.2 Å². The molecule has 5 rings (SSSR count). The lowest BCUT2D eigenvalue weighted by Gasteiger charge is -2.18. The van der Waals surface area contributed by atoms with Gasteiger partial charge < -0.3 is 29.6 Å². The van der Waals surface area contributed by atoms with Gasteiger partial charge in [-0.3, -0.25) is 4.79 Å². The number of rotatable bonds is 4. The molecular weight excluding hydrogens is 376 g/mol. The molecule has 0 spiro atoms. The molecular formula is C20H16N4O5. The average molecular weight is 392 g/mol. The maximum atomic E-state index is 12.4. The molecule has 1 aromatic heterocycles. The maximum absolute atomic E-state index is 12.4. The Labute approximate surface area is 165 Å². The molecule has 3 heterocycles. The zero-order valence-electron chi connectivity index (χ0n) is 15.2. The van der Waals surface area contributed by atoms with Crippen molar-refractivity contribution < 1.29 is 23.7 Å². The van der Waals surface area contributed by atoms with Crippen molar-refractivity contribution in [2.24, 2.45) is 0 Å². The molecule has 0 unspecified atom stereocenters. The van der Waals surface area contributed by atoms with Gasteiger partial charge in [-0.15, -0.1) is 0 Å². The molecule has 3 aromatic rings. The van der Waals surface area contributed by atoms with Crippen LogP contribution in [0.25, 0.3) is 0 Å². The van der Waals surface area contributed by atoms with E-state index in [2.05, 4.69) is 20.6 Å². The first kappa shape index (κ1) is 17.1. The van der Waals surface area contributed by atoms with E-state index in [4.69, 9.17) is 18.9 Å². The van der Waals surface area contributed by atoms with Gasteiger partial charge in [-0.05, 0) is 24.3 Å². The third kappa shape index (κ3) is 3.57. The van der Waals surface area contributed by atoms with Gasteiger partial charge in [-0.1, -0.05) is 0 Å². The fourth-order valence-corrected chi connectivity index (χ4v) is 2.94. The molecule has 2 aromatic carbocycles. The number of nitrogens with zero attached hydrogens (tertiary/aromatic N) is 2. The van der Waals surface area contributed by atoms with Crippen LogP contribution in [0.5, 0.6) is 23.0 Å². The molecule has 0 atom stereocenters. The van der Waals surface area contributed by atoms with E-state index in [0.717, 1.165) is 5.69 Å². The van der Waals surface area contributed by atoms with Gasteiger partial charge in [-0.25, -0.2) is 9.97 Å². The molecule has 2 N–H and O–H groups in total. The Morgan fingerprint density at radius 2 is 1.41 bits per heavy atom. The first-order valence-electron chi connectivity index (χ1n) is 8.94. The normalized spacial score (nSPS) is 13.7. The predicted octanol–water partition coefficient (Wildman–Crippen LogP) is 2.97. The van der Waals surface area contributed by atoms with Gasteiger partial charge in [0.05, 0.1) is 5.56 Å². The van der Waals surface area contributed by atoms with E-state index >= 15 is 0 Å². The summed E-state index contributed by atoms with van der Waals surface area (Å²) in [6.45, 7) is 1.23. The van der Waals surface area contributed by atoms with Crippen LogP contribution in [0.3, 0.4) is 0 Å². The number of hydrogen-bond donors (Lipinski definition) is 2. The molecule has 29 heavy (non-hydrogen) atoms. The highest BCUT2D eigenvalue weighted by molar-refractivity contribution is 6.04. The van der Waals surface area contributed by atoms with Crippen LogP contribution in [0, 0.1) is 0 Å². The largest absolute Gasteiger partial charge is 0.486 e. The Hall–Kier alpha value is -4.01. The first-order valence-corrected chi connectivity index (χ1v) is 8.94. The zero-order chi connectivity index (χ0) is 19.6. The number of fused-ring (bicyclic) bond motifs is 2. The van der Waals surface area contributed by atoms with Crippen LogP contribution in [0.15, 0.2) is 48.8 Å². The van der Waals surface area contributed by atoms with Gasteiger partial charge in [0.15, 0.2) is 23.0 Å². The van der Waals surface area contributed by atoms with E-state index in [1.54, 1.807) is 18.2 Å².